The molecular weight excluding hydrogens is 233 g/mol. The summed E-state index contributed by atoms with van der Waals surface area (Å²) in [5, 5.41) is 3.26. The zero-order valence-electron chi connectivity index (χ0n) is 8.73. The van der Waals surface area contributed by atoms with E-state index in [1.54, 1.807) is 10.8 Å². The van der Waals surface area contributed by atoms with Crippen molar-refractivity contribution in [2.45, 2.75) is 0 Å². The lowest BCUT2D eigenvalue weighted by molar-refractivity contribution is 0.0597. The molecule has 0 aromatic carbocycles. The SMILES string of the molecule is COC(=O)c1cscc1OC/C(=C\F)CN. The highest BCUT2D eigenvalue weighted by atomic mass is 32.1. The molecule has 0 aliphatic heterocycles. The first-order chi connectivity index (χ1) is 7.72. The van der Waals surface area contributed by atoms with Crippen molar-refractivity contribution in [1.82, 2.24) is 0 Å². The highest BCUT2D eigenvalue weighted by Gasteiger charge is 2.14. The topological polar surface area (TPSA) is 61.5 Å². The van der Waals surface area contributed by atoms with Crippen molar-refractivity contribution < 1.29 is 18.7 Å². The van der Waals surface area contributed by atoms with Crippen LogP contribution in [0.2, 0.25) is 0 Å². The number of nitrogens with two attached hydrogens (primary N) is 1. The third-order valence-corrected chi connectivity index (χ3v) is 2.58. The van der Waals surface area contributed by atoms with E-state index in [0.717, 1.165) is 0 Å². The number of carbonyl (C=O) groups excluding carboxylic acids is 1. The van der Waals surface area contributed by atoms with Crippen molar-refractivity contribution in [3.63, 3.8) is 0 Å². The zero-order chi connectivity index (χ0) is 12.0. The van der Waals surface area contributed by atoms with Crippen molar-refractivity contribution in [3.05, 3.63) is 28.2 Å². The molecule has 1 aromatic rings. The summed E-state index contributed by atoms with van der Waals surface area (Å²) < 4.78 is 22.0. The van der Waals surface area contributed by atoms with Crippen molar-refractivity contribution in [3.8, 4) is 5.75 Å². The van der Waals surface area contributed by atoms with Gasteiger partial charge < -0.3 is 15.2 Å². The Bertz CT molecular complexity index is 389. The van der Waals surface area contributed by atoms with Gasteiger partial charge in [-0.1, -0.05) is 0 Å². The average molecular weight is 245 g/mol. The first kappa shape index (κ1) is 12.7. The first-order valence-corrected chi connectivity index (χ1v) is 5.42. The van der Waals surface area contributed by atoms with Gasteiger partial charge in [-0.05, 0) is 0 Å². The van der Waals surface area contributed by atoms with Crippen LogP contribution in [0, 0.1) is 0 Å². The maximum atomic E-state index is 12.2. The smallest absolute Gasteiger partial charge is 0.342 e. The fourth-order valence-corrected chi connectivity index (χ4v) is 1.70. The zero-order valence-corrected chi connectivity index (χ0v) is 9.55. The van der Waals surface area contributed by atoms with E-state index in [1.165, 1.54) is 18.4 Å². The summed E-state index contributed by atoms with van der Waals surface area (Å²) >= 11 is 1.31. The summed E-state index contributed by atoms with van der Waals surface area (Å²) in [5.74, 6) is -0.0978. The molecule has 0 radical (unpaired) electrons. The molecule has 0 atom stereocenters. The normalized spacial score (nSPS) is 11.3. The molecule has 1 aromatic heterocycles. The Kier molecular flexibility index (Phi) is 4.94. The lowest BCUT2D eigenvalue weighted by Gasteiger charge is -2.07. The van der Waals surface area contributed by atoms with E-state index in [4.69, 9.17) is 10.5 Å². The molecule has 0 saturated carbocycles. The third-order valence-electron chi connectivity index (χ3n) is 1.86. The lowest BCUT2D eigenvalue weighted by Crippen LogP contribution is -2.12. The van der Waals surface area contributed by atoms with Crippen LogP contribution in [0.15, 0.2) is 22.7 Å². The molecule has 0 bridgehead atoms. The van der Waals surface area contributed by atoms with Gasteiger partial charge in [0.15, 0.2) is 0 Å². The Balaban J connectivity index is 2.67. The van der Waals surface area contributed by atoms with Crippen LogP contribution in [0.1, 0.15) is 10.4 Å². The summed E-state index contributed by atoms with van der Waals surface area (Å²) in [4.78, 5) is 11.3. The maximum Gasteiger partial charge on any atom is 0.342 e. The standard InChI is InChI=1S/C10H12FNO3S/c1-14-10(13)8-5-16-6-9(8)15-4-7(2-11)3-12/h2,5-6H,3-4,12H2,1H3/b7-2-. The van der Waals surface area contributed by atoms with E-state index in [2.05, 4.69) is 4.74 Å². The second-order valence-corrected chi connectivity index (χ2v) is 3.65. The second-order valence-electron chi connectivity index (χ2n) is 2.90. The number of halogens is 1. The summed E-state index contributed by atoms with van der Waals surface area (Å²) in [6, 6.07) is 0. The van der Waals surface area contributed by atoms with Gasteiger partial charge in [-0.25, -0.2) is 9.18 Å². The van der Waals surface area contributed by atoms with E-state index in [0.29, 0.717) is 23.2 Å². The summed E-state index contributed by atoms with van der Waals surface area (Å²) in [6.07, 6.45) is 0.407. The Morgan fingerprint density at radius 2 is 2.38 bits per heavy atom. The van der Waals surface area contributed by atoms with Crippen LogP contribution in [0.25, 0.3) is 0 Å². The maximum absolute atomic E-state index is 12.2. The van der Waals surface area contributed by atoms with Gasteiger partial charge in [-0.2, -0.15) is 0 Å². The summed E-state index contributed by atoms with van der Waals surface area (Å²) in [6.45, 7) is 0.0991. The summed E-state index contributed by atoms with van der Waals surface area (Å²) in [5.41, 5.74) is 5.93. The van der Waals surface area contributed by atoms with Crippen molar-refractivity contribution in [2.75, 3.05) is 20.3 Å². The predicted molar refractivity (Wildman–Crippen MR) is 59.4 cm³/mol. The van der Waals surface area contributed by atoms with E-state index in [1.807, 2.05) is 0 Å². The molecule has 0 amide bonds. The molecule has 0 fully saturated rings. The van der Waals surface area contributed by atoms with Crippen LogP contribution in [-0.4, -0.2) is 26.2 Å². The molecule has 88 valence electrons. The van der Waals surface area contributed by atoms with E-state index >= 15 is 0 Å². The molecule has 16 heavy (non-hydrogen) atoms. The van der Waals surface area contributed by atoms with Crippen molar-refractivity contribution in [2.24, 2.45) is 5.73 Å². The molecule has 1 rings (SSSR count). The minimum Gasteiger partial charge on any atom is -0.487 e. The second kappa shape index (κ2) is 6.24. The van der Waals surface area contributed by atoms with Gasteiger partial charge in [0.1, 0.15) is 17.9 Å². The van der Waals surface area contributed by atoms with Crippen LogP contribution in [-0.2, 0) is 4.74 Å². The predicted octanol–water partition coefficient (Wildman–Crippen LogP) is 1.73. The van der Waals surface area contributed by atoms with Gasteiger partial charge in [-0.15, -0.1) is 11.3 Å². The molecule has 4 nitrogen and oxygen atoms in total. The van der Waals surface area contributed by atoms with Crippen molar-refractivity contribution >= 4 is 17.3 Å². The average Bonchev–Trinajstić information content (AvgIpc) is 2.77. The number of thiophene rings is 1. The Labute approximate surface area is 96.5 Å². The fourth-order valence-electron chi connectivity index (χ4n) is 0.961. The monoisotopic (exact) mass is 245 g/mol. The van der Waals surface area contributed by atoms with Crippen LogP contribution >= 0.6 is 11.3 Å². The van der Waals surface area contributed by atoms with E-state index < -0.39 is 5.97 Å². The largest absolute Gasteiger partial charge is 0.487 e. The Morgan fingerprint density at radius 1 is 1.62 bits per heavy atom. The van der Waals surface area contributed by atoms with Gasteiger partial charge in [0, 0.05) is 22.9 Å². The summed E-state index contributed by atoms with van der Waals surface area (Å²) in [7, 11) is 1.29. The fraction of sp³-hybridized carbons (Fsp3) is 0.300. The molecule has 0 saturated heterocycles. The molecule has 0 aliphatic carbocycles. The molecule has 0 aliphatic rings. The van der Waals surface area contributed by atoms with Gasteiger partial charge in [-0.3, -0.25) is 0 Å². The number of carbonyl (C=O) groups is 1. The Hall–Kier alpha value is -1.40. The van der Waals surface area contributed by atoms with Crippen molar-refractivity contribution in [1.29, 1.82) is 0 Å². The molecule has 2 N–H and O–H groups in total. The van der Waals surface area contributed by atoms with Crippen LogP contribution in [0.3, 0.4) is 0 Å². The number of rotatable bonds is 5. The van der Waals surface area contributed by atoms with E-state index in [-0.39, 0.29) is 13.2 Å². The van der Waals surface area contributed by atoms with Gasteiger partial charge >= 0.3 is 5.97 Å². The highest BCUT2D eigenvalue weighted by Crippen LogP contribution is 2.24. The quantitative estimate of drug-likeness (QED) is 0.802. The minimum absolute atomic E-state index is 0.0216. The van der Waals surface area contributed by atoms with Crippen LogP contribution in [0.5, 0.6) is 5.75 Å². The van der Waals surface area contributed by atoms with Crippen LogP contribution in [0.4, 0.5) is 4.39 Å². The minimum atomic E-state index is -0.477. The van der Waals surface area contributed by atoms with Gasteiger partial charge in [0.05, 0.1) is 13.4 Å². The molecule has 0 unspecified atom stereocenters. The molecule has 1 heterocycles. The van der Waals surface area contributed by atoms with Gasteiger partial charge in [0.25, 0.3) is 0 Å². The third kappa shape index (κ3) is 3.04. The number of ether oxygens (including phenoxy) is 2. The number of methoxy groups -OCH3 is 1. The number of hydrogen-bond acceptors (Lipinski definition) is 5. The molecule has 6 heteroatoms. The van der Waals surface area contributed by atoms with Gasteiger partial charge in [0.2, 0.25) is 0 Å². The lowest BCUT2D eigenvalue weighted by atomic mass is 10.3. The first-order valence-electron chi connectivity index (χ1n) is 4.48. The van der Waals surface area contributed by atoms with Crippen LogP contribution < -0.4 is 10.5 Å². The molecule has 0 spiro atoms. The molecular formula is C10H12FNO3S. The Morgan fingerprint density at radius 3 is 2.94 bits per heavy atom. The number of esters is 1. The number of hydrogen-bond donors (Lipinski definition) is 1. The highest BCUT2D eigenvalue weighted by molar-refractivity contribution is 7.08. The van der Waals surface area contributed by atoms with E-state index in [9.17, 15) is 9.18 Å².